The highest BCUT2D eigenvalue weighted by Crippen LogP contribution is 2.24. The van der Waals surface area contributed by atoms with Crippen molar-refractivity contribution < 1.29 is 9.59 Å². The van der Waals surface area contributed by atoms with Crippen LogP contribution in [0.25, 0.3) is 0 Å². The molecule has 1 fully saturated rings. The average Bonchev–Trinajstić information content (AvgIpc) is 3.02. The molecule has 1 atom stereocenters. The van der Waals surface area contributed by atoms with Crippen molar-refractivity contribution in [2.45, 2.75) is 26.3 Å². The minimum atomic E-state index is -0.272. The van der Waals surface area contributed by atoms with Crippen molar-refractivity contribution in [2.75, 3.05) is 18.5 Å². The normalized spacial score (nSPS) is 17.0. The third-order valence-corrected chi connectivity index (χ3v) is 4.82. The fourth-order valence-electron chi connectivity index (χ4n) is 3.28. The van der Waals surface area contributed by atoms with Crippen molar-refractivity contribution in [3.63, 3.8) is 0 Å². The summed E-state index contributed by atoms with van der Waals surface area (Å²) in [6.45, 7) is 3.15. The van der Waals surface area contributed by atoms with Gasteiger partial charge in [0.05, 0.1) is 5.92 Å². The zero-order valence-electron chi connectivity index (χ0n) is 14.8. The minimum absolute atomic E-state index is 0.0113. The Morgan fingerprint density at radius 1 is 1.12 bits per heavy atom. The number of amides is 2. The number of hydrogen-bond donors (Lipinski definition) is 0. The smallest absolute Gasteiger partial charge is 0.232 e. The van der Waals surface area contributed by atoms with Crippen molar-refractivity contribution in [1.29, 1.82) is 0 Å². The highest BCUT2D eigenvalue weighted by molar-refractivity contribution is 5.98. The van der Waals surface area contributed by atoms with E-state index in [-0.39, 0.29) is 17.7 Å². The van der Waals surface area contributed by atoms with Crippen molar-refractivity contribution in [2.24, 2.45) is 5.92 Å². The summed E-state index contributed by atoms with van der Waals surface area (Å²) in [5.41, 5.74) is 3.18. The lowest BCUT2D eigenvalue weighted by molar-refractivity contribution is -0.128. The Balaban J connectivity index is 1.67. The van der Waals surface area contributed by atoms with E-state index in [9.17, 15) is 9.59 Å². The Morgan fingerprint density at radius 2 is 1.84 bits per heavy atom. The van der Waals surface area contributed by atoms with Gasteiger partial charge in [-0.15, -0.1) is 0 Å². The Hall–Kier alpha value is -2.62. The molecule has 130 valence electrons. The summed E-state index contributed by atoms with van der Waals surface area (Å²) in [4.78, 5) is 28.6. The van der Waals surface area contributed by atoms with Crippen molar-refractivity contribution in [1.82, 2.24) is 4.90 Å². The third-order valence-electron chi connectivity index (χ3n) is 4.82. The van der Waals surface area contributed by atoms with E-state index in [2.05, 4.69) is 13.0 Å². The molecular weight excluding hydrogens is 312 g/mol. The molecular formula is C21H24N2O2. The maximum Gasteiger partial charge on any atom is 0.232 e. The van der Waals surface area contributed by atoms with E-state index >= 15 is 0 Å². The van der Waals surface area contributed by atoms with Crippen LogP contribution in [-0.4, -0.2) is 30.3 Å². The number of benzene rings is 2. The zero-order valence-corrected chi connectivity index (χ0v) is 14.8. The van der Waals surface area contributed by atoms with Crippen LogP contribution in [-0.2, 0) is 22.6 Å². The molecule has 4 heteroatoms. The number of carbonyl (C=O) groups is 2. The van der Waals surface area contributed by atoms with Gasteiger partial charge in [0.15, 0.2) is 0 Å². The SMILES string of the molecule is CCc1cccc(N(C)C(=O)C2CC(=O)N(Cc3ccccc3)C2)c1. The summed E-state index contributed by atoms with van der Waals surface area (Å²) < 4.78 is 0. The molecule has 0 bridgehead atoms. The Morgan fingerprint density at radius 3 is 2.56 bits per heavy atom. The van der Waals surface area contributed by atoms with Gasteiger partial charge in [0.25, 0.3) is 0 Å². The lowest BCUT2D eigenvalue weighted by Gasteiger charge is -2.22. The van der Waals surface area contributed by atoms with Gasteiger partial charge in [0.1, 0.15) is 0 Å². The van der Waals surface area contributed by atoms with Gasteiger partial charge < -0.3 is 9.80 Å². The monoisotopic (exact) mass is 336 g/mol. The molecule has 1 unspecified atom stereocenters. The molecule has 1 aliphatic heterocycles. The topological polar surface area (TPSA) is 40.6 Å². The fourth-order valence-corrected chi connectivity index (χ4v) is 3.28. The number of nitrogens with zero attached hydrogens (tertiary/aromatic N) is 2. The molecule has 0 radical (unpaired) electrons. The number of aryl methyl sites for hydroxylation is 1. The zero-order chi connectivity index (χ0) is 17.8. The number of carbonyl (C=O) groups excluding carboxylic acids is 2. The summed E-state index contributed by atoms with van der Waals surface area (Å²) in [6.07, 6.45) is 1.23. The van der Waals surface area contributed by atoms with Crippen LogP contribution in [0, 0.1) is 5.92 Å². The highest BCUT2D eigenvalue weighted by atomic mass is 16.2. The lowest BCUT2D eigenvalue weighted by atomic mass is 10.1. The van der Waals surface area contributed by atoms with E-state index in [1.165, 1.54) is 5.56 Å². The Kier molecular flexibility index (Phi) is 5.17. The van der Waals surface area contributed by atoms with Gasteiger partial charge in [0, 0.05) is 32.2 Å². The molecule has 2 amide bonds. The molecule has 25 heavy (non-hydrogen) atoms. The van der Waals surface area contributed by atoms with Crippen LogP contribution in [0.3, 0.4) is 0 Å². The molecule has 2 aromatic rings. The van der Waals surface area contributed by atoms with Crippen LogP contribution >= 0.6 is 0 Å². The predicted octanol–water partition coefficient (Wildman–Crippen LogP) is 3.26. The standard InChI is InChI=1S/C21H24N2O2/c1-3-16-10-7-11-19(12-16)22(2)21(25)18-13-20(24)23(15-18)14-17-8-5-4-6-9-17/h4-12,18H,3,13-15H2,1-2H3. The van der Waals surface area contributed by atoms with Gasteiger partial charge >= 0.3 is 0 Å². The largest absolute Gasteiger partial charge is 0.338 e. The van der Waals surface area contributed by atoms with E-state index in [1.54, 1.807) is 16.8 Å². The summed E-state index contributed by atoms with van der Waals surface area (Å²) in [6, 6.07) is 17.9. The van der Waals surface area contributed by atoms with E-state index in [0.717, 1.165) is 17.7 Å². The van der Waals surface area contributed by atoms with E-state index < -0.39 is 0 Å². The summed E-state index contributed by atoms with van der Waals surface area (Å²) in [5, 5.41) is 0. The molecule has 0 saturated carbocycles. The van der Waals surface area contributed by atoms with Crippen LogP contribution in [0.15, 0.2) is 54.6 Å². The first-order valence-electron chi connectivity index (χ1n) is 8.76. The number of anilines is 1. The number of rotatable bonds is 5. The quantitative estimate of drug-likeness (QED) is 0.841. The summed E-state index contributed by atoms with van der Waals surface area (Å²) >= 11 is 0. The van der Waals surface area contributed by atoms with Crippen molar-refractivity contribution >= 4 is 17.5 Å². The average molecular weight is 336 g/mol. The second kappa shape index (κ2) is 7.51. The molecule has 3 rings (SSSR count). The van der Waals surface area contributed by atoms with Crippen molar-refractivity contribution in [3.8, 4) is 0 Å². The molecule has 1 heterocycles. The highest BCUT2D eigenvalue weighted by Gasteiger charge is 2.35. The van der Waals surface area contributed by atoms with Crippen LogP contribution in [0.4, 0.5) is 5.69 Å². The van der Waals surface area contributed by atoms with Crippen LogP contribution in [0.2, 0.25) is 0 Å². The molecule has 1 saturated heterocycles. The second-order valence-electron chi connectivity index (χ2n) is 6.58. The Labute approximate surface area is 149 Å². The molecule has 2 aromatic carbocycles. The first-order valence-corrected chi connectivity index (χ1v) is 8.76. The van der Waals surface area contributed by atoms with E-state index in [0.29, 0.717) is 19.5 Å². The van der Waals surface area contributed by atoms with Gasteiger partial charge in [-0.3, -0.25) is 9.59 Å². The maximum absolute atomic E-state index is 12.8. The summed E-state index contributed by atoms with van der Waals surface area (Å²) in [5.74, 6) is -0.207. The van der Waals surface area contributed by atoms with Gasteiger partial charge in [-0.25, -0.2) is 0 Å². The molecule has 4 nitrogen and oxygen atoms in total. The maximum atomic E-state index is 12.8. The van der Waals surface area contributed by atoms with E-state index in [4.69, 9.17) is 0 Å². The molecule has 0 spiro atoms. The fraction of sp³-hybridized carbons (Fsp3) is 0.333. The first-order chi connectivity index (χ1) is 12.1. The minimum Gasteiger partial charge on any atom is -0.338 e. The van der Waals surface area contributed by atoms with Gasteiger partial charge in [-0.05, 0) is 29.7 Å². The van der Waals surface area contributed by atoms with Crippen LogP contribution < -0.4 is 4.90 Å². The second-order valence-corrected chi connectivity index (χ2v) is 6.58. The first kappa shape index (κ1) is 17.2. The van der Waals surface area contributed by atoms with Crippen LogP contribution in [0.5, 0.6) is 0 Å². The Bertz CT molecular complexity index is 758. The number of likely N-dealkylation sites (tertiary alicyclic amines) is 1. The van der Waals surface area contributed by atoms with Crippen LogP contribution in [0.1, 0.15) is 24.5 Å². The van der Waals surface area contributed by atoms with Gasteiger partial charge in [-0.1, -0.05) is 49.4 Å². The molecule has 0 N–H and O–H groups in total. The number of hydrogen-bond acceptors (Lipinski definition) is 2. The predicted molar refractivity (Wildman–Crippen MR) is 99.2 cm³/mol. The van der Waals surface area contributed by atoms with Gasteiger partial charge in [0.2, 0.25) is 11.8 Å². The van der Waals surface area contributed by atoms with E-state index in [1.807, 2.05) is 48.5 Å². The lowest BCUT2D eigenvalue weighted by Crippen LogP contribution is -2.34. The van der Waals surface area contributed by atoms with Crippen molar-refractivity contribution in [3.05, 3.63) is 65.7 Å². The molecule has 0 aromatic heterocycles. The molecule has 1 aliphatic rings. The van der Waals surface area contributed by atoms with Gasteiger partial charge in [-0.2, -0.15) is 0 Å². The summed E-state index contributed by atoms with van der Waals surface area (Å²) in [7, 11) is 1.79. The third kappa shape index (κ3) is 3.90. The molecule has 0 aliphatic carbocycles.